The molecule has 0 radical (unpaired) electrons. The number of hydrogen-bond donors (Lipinski definition) is 1. The number of carbonyl (C=O) groups excluding carboxylic acids is 1. The Bertz CT molecular complexity index is 1220. The fraction of sp³-hybridized carbons (Fsp3) is 0.167. The second-order valence-electron chi connectivity index (χ2n) is 7.67. The van der Waals surface area contributed by atoms with E-state index >= 15 is 0 Å². The Morgan fingerprint density at radius 2 is 1.90 bits per heavy atom. The molecule has 1 N–H and O–H groups in total. The Kier molecular flexibility index (Phi) is 3.98. The Morgan fingerprint density at radius 3 is 2.62 bits per heavy atom. The number of aromatic nitrogens is 2. The smallest absolute Gasteiger partial charge is 0.235 e. The molecule has 5 rings (SSSR count). The number of rotatable bonds is 4. The maximum atomic E-state index is 13.2. The van der Waals surface area contributed by atoms with Crippen molar-refractivity contribution in [3.63, 3.8) is 0 Å². The number of nitrogens with one attached hydrogen (secondary N) is 1. The summed E-state index contributed by atoms with van der Waals surface area (Å²) in [7, 11) is 0. The number of aryl methyl sites for hydroxylation is 1. The molecule has 5 heteroatoms. The third-order valence-corrected chi connectivity index (χ3v) is 5.68. The van der Waals surface area contributed by atoms with E-state index in [9.17, 15) is 9.18 Å². The molecule has 4 nitrogen and oxygen atoms in total. The third-order valence-electron chi connectivity index (χ3n) is 5.68. The molecule has 0 saturated heterocycles. The first kappa shape index (κ1) is 17.6. The number of amides is 1. The van der Waals surface area contributed by atoms with Crippen molar-refractivity contribution in [1.82, 2.24) is 9.38 Å². The lowest BCUT2D eigenvalue weighted by Crippen LogP contribution is -2.27. The minimum absolute atomic E-state index is 0.0490. The molecule has 0 atom stereocenters. The number of fused-ring (bicyclic) bond motifs is 1. The van der Waals surface area contributed by atoms with Crippen LogP contribution in [-0.2, 0) is 10.2 Å². The average Bonchev–Trinajstić information content (AvgIpc) is 3.41. The van der Waals surface area contributed by atoms with Crippen LogP contribution in [0.3, 0.4) is 0 Å². The van der Waals surface area contributed by atoms with Gasteiger partial charge in [-0.1, -0.05) is 30.3 Å². The summed E-state index contributed by atoms with van der Waals surface area (Å²) in [6.45, 7) is 2.04. The zero-order valence-corrected chi connectivity index (χ0v) is 16.0. The fourth-order valence-electron chi connectivity index (χ4n) is 3.84. The van der Waals surface area contributed by atoms with Crippen LogP contribution >= 0.6 is 0 Å². The van der Waals surface area contributed by atoms with Crippen LogP contribution in [0.5, 0.6) is 0 Å². The van der Waals surface area contributed by atoms with E-state index in [1.807, 2.05) is 60.1 Å². The van der Waals surface area contributed by atoms with Crippen molar-refractivity contribution in [2.75, 3.05) is 5.32 Å². The van der Waals surface area contributed by atoms with Gasteiger partial charge in [-0.25, -0.2) is 9.37 Å². The van der Waals surface area contributed by atoms with Crippen molar-refractivity contribution in [2.45, 2.75) is 25.2 Å². The van der Waals surface area contributed by atoms with Crippen LogP contribution in [0.2, 0.25) is 0 Å². The average molecular weight is 385 g/mol. The van der Waals surface area contributed by atoms with Crippen molar-refractivity contribution in [3.8, 4) is 11.3 Å². The summed E-state index contributed by atoms with van der Waals surface area (Å²) in [5.41, 5.74) is 4.87. The number of pyridine rings is 1. The van der Waals surface area contributed by atoms with Gasteiger partial charge in [0.15, 0.2) is 0 Å². The molecule has 0 spiro atoms. The van der Waals surface area contributed by atoms with Crippen LogP contribution < -0.4 is 5.32 Å². The summed E-state index contributed by atoms with van der Waals surface area (Å²) >= 11 is 0. The molecule has 144 valence electrons. The van der Waals surface area contributed by atoms with Gasteiger partial charge >= 0.3 is 0 Å². The molecule has 29 heavy (non-hydrogen) atoms. The third kappa shape index (κ3) is 3.09. The van der Waals surface area contributed by atoms with Gasteiger partial charge < -0.3 is 9.72 Å². The molecule has 2 heterocycles. The molecule has 0 aliphatic heterocycles. The second kappa shape index (κ2) is 6.55. The van der Waals surface area contributed by atoms with Gasteiger partial charge in [-0.2, -0.15) is 0 Å². The zero-order valence-electron chi connectivity index (χ0n) is 16.0. The van der Waals surface area contributed by atoms with Crippen LogP contribution in [0.1, 0.15) is 24.0 Å². The minimum Gasteiger partial charge on any atom is -0.325 e. The number of halogens is 1. The SMILES string of the molecule is Cc1cccn2cc(-c3cccc(NC(=O)C4(c5ccc(F)cc5)CC4)c3)nc12. The lowest BCUT2D eigenvalue weighted by molar-refractivity contribution is -0.118. The summed E-state index contributed by atoms with van der Waals surface area (Å²) in [6, 6.07) is 18.0. The Labute approximate surface area is 168 Å². The number of anilines is 1. The summed E-state index contributed by atoms with van der Waals surface area (Å²) in [5.74, 6) is -0.340. The Balaban J connectivity index is 1.42. The first-order valence-corrected chi connectivity index (χ1v) is 9.67. The maximum absolute atomic E-state index is 13.2. The Hall–Kier alpha value is -3.47. The van der Waals surface area contributed by atoms with Crippen LogP contribution in [0.4, 0.5) is 10.1 Å². The van der Waals surface area contributed by atoms with Crippen molar-refractivity contribution in [3.05, 3.63) is 90.0 Å². The van der Waals surface area contributed by atoms with Crippen LogP contribution in [-0.4, -0.2) is 15.3 Å². The van der Waals surface area contributed by atoms with Crippen molar-refractivity contribution >= 4 is 17.2 Å². The van der Waals surface area contributed by atoms with Crippen LogP contribution in [0.25, 0.3) is 16.9 Å². The molecule has 1 amide bonds. The zero-order chi connectivity index (χ0) is 20.0. The lowest BCUT2D eigenvalue weighted by Gasteiger charge is -2.16. The quantitative estimate of drug-likeness (QED) is 0.530. The second-order valence-corrected chi connectivity index (χ2v) is 7.67. The summed E-state index contributed by atoms with van der Waals surface area (Å²) < 4.78 is 15.2. The predicted molar refractivity (Wildman–Crippen MR) is 111 cm³/mol. The van der Waals surface area contributed by atoms with Crippen molar-refractivity contribution in [2.24, 2.45) is 0 Å². The largest absolute Gasteiger partial charge is 0.325 e. The standard InChI is InChI=1S/C24H20FN3O/c1-16-4-3-13-28-15-21(27-22(16)28)17-5-2-6-20(14-17)26-23(29)24(11-12-24)18-7-9-19(25)10-8-18/h2-10,13-15H,11-12H2,1H3,(H,26,29). The highest BCUT2D eigenvalue weighted by Crippen LogP contribution is 2.49. The van der Waals surface area contributed by atoms with Crippen molar-refractivity contribution < 1.29 is 9.18 Å². The van der Waals surface area contributed by atoms with E-state index in [2.05, 4.69) is 5.32 Å². The van der Waals surface area contributed by atoms with E-state index in [4.69, 9.17) is 4.98 Å². The lowest BCUT2D eigenvalue weighted by atomic mass is 9.95. The fourth-order valence-corrected chi connectivity index (χ4v) is 3.84. The Morgan fingerprint density at radius 1 is 1.10 bits per heavy atom. The number of carbonyl (C=O) groups is 1. The van der Waals surface area contributed by atoms with Gasteiger partial charge in [-0.15, -0.1) is 0 Å². The molecule has 1 fully saturated rings. The summed E-state index contributed by atoms with van der Waals surface area (Å²) in [6.07, 6.45) is 5.51. The van der Waals surface area contributed by atoms with E-state index in [0.717, 1.165) is 46.6 Å². The van der Waals surface area contributed by atoms with E-state index in [1.54, 1.807) is 12.1 Å². The first-order valence-electron chi connectivity index (χ1n) is 9.67. The van der Waals surface area contributed by atoms with E-state index in [-0.39, 0.29) is 11.7 Å². The van der Waals surface area contributed by atoms with E-state index in [1.165, 1.54) is 12.1 Å². The molecule has 4 aromatic rings. The molecule has 0 unspecified atom stereocenters. The molecule has 0 bridgehead atoms. The minimum atomic E-state index is -0.552. The highest BCUT2D eigenvalue weighted by Gasteiger charge is 2.51. The van der Waals surface area contributed by atoms with Gasteiger partial charge in [0.25, 0.3) is 0 Å². The number of hydrogen-bond acceptors (Lipinski definition) is 2. The van der Waals surface area contributed by atoms with Crippen molar-refractivity contribution in [1.29, 1.82) is 0 Å². The van der Waals surface area contributed by atoms with Gasteiger partial charge in [0.2, 0.25) is 5.91 Å². The topological polar surface area (TPSA) is 46.4 Å². The van der Waals surface area contributed by atoms with Crippen LogP contribution in [0, 0.1) is 12.7 Å². The molecule has 1 aliphatic rings. The molecule has 2 aromatic heterocycles. The maximum Gasteiger partial charge on any atom is 0.235 e. The van der Waals surface area contributed by atoms with E-state index in [0.29, 0.717) is 0 Å². The monoisotopic (exact) mass is 385 g/mol. The molecule has 1 saturated carbocycles. The number of benzene rings is 2. The highest BCUT2D eigenvalue weighted by atomic mass is 19.1. The predicted octanol–water partition coefficient (Wildman–Crippen LogP) is 5.12. The molecular formula is C24H20FN3O. The highest BCUT2D eigenvalue weighted by molar-refractivity contribution is 6.01. The van der Waals surface area contributed by atoms with Crippen LogP contribution in [0.15, 0.2) is 73.1 Å². The van der Waals surface area contributed by atoms with Gasteiger partial charge in [0, 0.05) is 23.6 Å². The van der Waals surface area contributed by atoms with Gasteiger partial charge in [-0.3, -0.25) is 4.79 Å². The molecular weight excluding hydrogens is 365 g/mol. The summed E-state index contributed by atoms with van der Waals surface area (Å²) in [5, 5.41) is 3.05. The molecule has 2 aromatic carbocycles. The first-order chi connectivity index (χ1) is 14.0. The number of nitrogens with zero attached hydrogens (tertiary/aromatic N) is 2. The number of imidazole rings is 1. The van der Waals surface area contributed by atoms with Gasteiger partial charge in [0.05, 0.1) is 11.1 Å². The summed E-state index contributed by atoms with van der Waals surface area (Å²) in [4.78, 5) is 17.7. The molecule has 1 aliphatic carbocycles. The van der Waals surface area contributed by atoms with E-state index < -0.39 is 5.41 Å². The normalized spacial score (nSPS) is 14.7. The van der Waals surface area contributed by atoms with Gasteiger partial charge in [-0.05, 0) is 61.2 Å². The van der Waals surface area contributed by atoms with Gasteiger partial charge in [0.1, 0.15) is 11.5 Å².